The average molecular weight is 532 g/mol. The van der Waals surface area contributed by atoms with Crippen LogP contribution in [0.1, 0.15) is 38.0 Å². The molecule has 0 saturated heterocycles. The van der Waals surface area contributed by atoms with Crippen LogP contribution in [-0.2, 0) is 0 Å². The minimum atomic E-state index is 0.762. The molecule has 6 heterocycles. The van der Waals surface area contributed by atoms with E-state index in [9.17, 15) is 0 Å². The van der Waals surface area contributed by atoms with Gasteiger partial charge in [-0.25, -0.2) is 4.98 Å². The van der Waals surface area contributed by atoms with Gasteiger partial charge in [-0.3, -0.25) is 15.1 Å². The van der Waals surface area contributed by atoms with Crippen molar-refractivity contribution in [1.29, 1.82) is 0 Å². The molecule has 7 nitrogen and oxygen atoms in total. The lowest BCUT2D eigenvalue weighted by atomic mass is 10.1. The molecule has 0 spiro atoms. The van der Waals surface area contributed by atoms with E-state index in [0.717, 1.165) is 91.2 Å². The number of nitrogens with zero attached hydrogens (tertiary/aromatic N) is 4. The van der Waals surface area contributed by atoms with Crippen molar-refractivity contribution in [3.63, 3.8) is 0 Å². The Kier molecular flexibility index (Phi) is 6.54. The van der Waals surface area contributed by atoms with Crippen LogP contribution in [0.3, 0.4) is 0 Å². The number of rotatable bonds is 9. The van der Waals surface area contributed by atoms with Crippen LogP contribution in [0.4, 0.5) is 5.69 Å². The first-order valence-corrected chi connectivity index (χ1v) is 13.8. The Balaban J connectivity index is 1.36. The lowest BCUT2D eigenvalue weighted by Crippen LogP contribution is -1.99. The van der Waals surface area contributed by atoms with Crippen LogP contribution < -0.4 is 5.32 Å². The maximum absolute atomic E-state index is 5.00. The standard InChI is InChI=1S/C31H29N7S/c1-5-6-7-19(4)34-21-12-20(14-32-15-21)24-8-9-25-30(36-24)31(38-37-25)26-13-22-23(16-33-17-27(22)35-26)29-11-10-28(39-29)18(2)3/h8-17,34-35H,2,4-7H2,1,3H3,(H,37,38). The molecular formula is C31H29N7S. The number of nitrogens with one attached hydrogen (secondary N) is 3. The molecule has 6 rings (SSSR count). The third-order valence-corrected chi connectivity index (χ3v) is 7.97. The Morgan fingerprint density at radius 1 is 1.00 bits per heavy atom. The Hall–Kier alpha value is -4.56. The van der Waals surface area contributed by atoms with Gasteiger partial charge in [-0.05, 0) is 61.7 Å². The van der Waals surface area contributed by atoms with E-state index in [4.69, 9.17) is 4.98 Å². The van der Waals surface area contributed by atoms with Crippen molar-refractivity contribution in [3.8, 4) is 33.1 Å². The molecule has 0 radical (unpaired) electrons. The molecule has 0 aliphatic carbocycles. The Labute approximate surface area is 230 Å². The van der Waals surface area contributed by atoms with Gasteiger partial charge in [0, 0.05) is 44.4 Å². The summed E-state index contributed by atoms with van der Waals surface area (Å²) in [7, 11) is 0. The second-order valence-electron chi connectivity index (χ2n) is 9.73. The number of anilines is 1. The monoisotopic (exact) mass is 531 g/mol. The van der Waals surface area contributed by atoms with Crippen molar-refractivity contribution in [2.24, 2.45) is 0 Å². The zero-order valence-electron chi connectivity index (χ0n) is 22.0. The maximum Gasteiger partial charge on any atom is 0.135 e. The number of allylic oxidation sites excluding steroid dienone is 2. The van der Waals surface area contributed by atoms with E-state index >= 15 is 0 Å². The number of H-pyrrole nitrogens is 2. The summed E-state index contributed by atoms with van der Waals surface area (Å²) in [5, 5.41) is 12.2. The summed E-state index contributed by atoms with van der Waals surface area (Å²) in [5.41, 5.74) is 10.0. The summed E-state index contributed by atoms with van der Waals surface area (Å²) >= 11 is 1.72. The van der Waals surface area contributed by atoms with Gasteiger partial charge in [-0.1, -0.05) is 26.5 Å². The highest BCUT2D eigenvalue weighted by molar-refractivity contribution is 7.16. The van der Waals surface area contributed by atoms with E-state index < -0.39 is 0 Å². The lowest BCUT2D eigenvalue weighted by Gasteiger charge is -2.10. The number of fused-ring (bicyclic) bond motifs is 2. The van der Waals surface area contributed by atoms with Crippen LogP contribution in [0.5, 0.6) is 0 Å². The molecule has 0 unspecified atom stereocenters. The lowest BCUT2D eigenvalue weighted by molar-refractivity contribution is 0.791. The van der Waals surface area contributed by atoms with E-state index in [1.807, 2.05) is 43.8 Å². The van der Waals surface area contributed by atoms with E-state index in [2.05, 4.69) is 74.8 Å². The normalized spacial score (nSPS) is 11.3. The fraction of sp³-hybridized carbons (Fsp3) is 0.161. The molecule has 0 atom stereocenters. The first-order valence-electron chi connectivity index (χ1n) is 13.0. The van der Waals surface area contributed by atoms with Crippen LogP contribution in [0.15, 0.2) is 80.0 Å². The Bertz CT molecular complexity index is 1840. The van der Waals surface area contributed by atoms with E-state index in [1.54, 1.807) is 11.3 Å². The number of hydrogen-bond acceptors (Lipinski definition) is 6. The molecule has 0 amide bonds. The zero-order valence-corrected chi connectivity index (χ0v) is 22.8. The van der Waals surface area contributed by atoms with E-state index in [-0.39, 0.29) is 0 Å². The third kappa shape index (κ3) is 4.86. The van der Waals surface area contributed by atoms with Gasteiger partial charge < -0.3 is 10.3 Å². The van der Waals surface area contributed by atoms with Crippen molar-refractivity contribution in [2.75, 3.05) is 5.32 Å². The summed E-state index contributed by atoms with van der Waals surface area (Å²) in [6.45, 7) is 12.4. The molecule has 194 valence electrons. The number of unbranched alkanes of at least 4 members (excludes halogenated alkanes) is 1. The SMILES string of the molecule is C=C(CCCC)Nc1cncc(-c2ccc3[nH]nc(-c4cc5c(-c6ccc(C(=C)C)s6)cncc5[nH]4)c3n2)c1. The highest BCUT2D eigenvalue weighted by Gasteiger charge is 2.16. The molecule has 0 saturated carbocycles. The van der Waals surface area contributed by atoms with Crippen molar-refractivity contribution in [1.82, 2.24) is 30.1 Å². The van der Waals surface area contributed by atoms with Gasteiger partial charge in [-0.15, -0.1) is 11.3 Å². The van der Waals surface area contributed by atoms with Gasteiger partial charge >= 0.3 is 0 Å². The molecule has 6 aromatic heterocycles. The third-order valence-electron chi connectivity index (χ3n) is 6.69. The zero-order chi connectivity index (χ0) is 26.9. The molecule has 3 N–H and O–H groups in total. The van der Waals surface area contributed by atoms with Crippen LogP contribution in [-0.4, -0.2) is 30.1 Å². The van der Waals surface area contributed by atoms with Crippen molar-refractivity contribution >= 4 is 44.5 Å². The summed E-state index contributed by atoms with van der Waals surface area (Å²) in [6, 6.07) is 12.4. The topological polar surface area (TPSA) is 95.2 Å². The number of aromatic amines is 2. The van der Waals surface area contributed by atoms with E-state index in [0.29, 0.717) is 0 Å². The van der Waals surface area contributed by atoms with Gasteiger partial charge in [0.25, 0.3) is 0 Å². The van der Waals surface area contributed by atoms with Gasteiger partial charge in [0.15, 0.2) is 0 Å². The predicted molar refractivity (Wildman–Crippen MR) is 163 cm³/mol. The highest BCUT2D eigenvalue weighted by Crippen LogP contribution is 2.37. The molecule has 0 aromatic carbocycles. The fourth-order valence-electron chi connectivity index (χ4n) is 4.64. The summed E-state index contributed by atoms with van der Waals surface area (Å²) in [5.74, 6) is 0. The fourth-order valence-corrected chi connectivity index (χ4v) is 5.60. The first kappa shape index (κ1) is 24.8. The minimum absolute atomic E-state index is 0.762. The predicted octanol–water partition coefficient (Wildman–Crippen LogP) is 8.44. The summed E-state index contributed by atoms with van der Waals surface area (Å²) in [6.07, 6.45) is 10.6. The highest BCUT2D eigenvalue weighted by atomic mass is 32.1. The summed E-state index contributed by atoms with van der Waals surface area (Å²) in [4.78, 5) is 19.8. The van der Waals surface area contributed by atoms with Crippen molar-refractivity contribution in [2.45, 2.75) is 33.1 Å². The quantitative estimate of drug-likeness (QED) is 0.174. The maximum atomic E-state index is 5.00. The molecular weight excluding hydrogens is 502 g/mol. The van der Waals surface area contributed by atoms with Crippen molar-refractivity contribution < 1.29 is 0 Å². The summed E-state index contributed by atoms with van der Waals surface area (Å²) < 4.78 is 0. The van der Waals surface area contributed by atoms with Gasteiger partial charge in [0.05, 0.1) is 40.5 Å². The average Bonchev–Trinajstić information content (AvgIpc) is 3.69. The van der Waals surface area contributed by atoms with Crippen LogP contribution >= 0.6 is 11.3 Å². The molecule has 8 heteroatoms. The van der Waals surface area contributed by atoms with Gasteiger partial charge in [0.2, 0.25) is 0 Å². The smallest absolute Gasteiger partial charge is 0.135 e. The number of pyridine rings is 3. The van der Waals surface area contributed by atoms with Crippen LogP contribution in [0, 0.1) is 0 Å². The first-order chi connectivity index (χ1) is 19.0. The van der Waals surface area contributed by atoms with Crippen LogP contribution in [0.2, 0.25) is 0 Å². The minimum Gasteiger partial charge on any atom is -0.358 e. The van der Waals surface area contributed by atoms with Gasteiger partial charge in [-0.2, -0.15) is 5.10 Å². The number of aromatic nitrogens is 6. The number of thiophene rings is 1. The largest absolute Gasteiger partial charge is 0.358 e. The molecule has 6 aromatic rings. The second-order valence-corrected chi connectivity index (χ2v) is 10.8. The molecule has 39 heavy (non-hydrogen) atoms. The van der Waals surface area contributed by atoms with Gasteiger partial charge in [0.1, 0.15) is 11.2 Å². The Morgan fingerprint density at radius 2 is 1.87 bits per heavy atom. The number of hydrogen-bond donors (Lipinski definition) is 3. The Morgan fingerprint density at radius 3 is 2.69 bits per heavy atom. The molecule has 0 bridgehead atoms. The van der Waals surface area contributed by atoms with E-state index in [1.165, 1.54) is 4.88 Å². The molecule has 0 aliphatic rings. The molecule has 0 fully saturated rings. The van der Waals surface area contributed by atoms with Crippen LogP contribution in [0.25, 0.3) is 60.6 Å². The molecule has 0 aliphatic heterocycles. The second kappa shape index (κ2) is 10.3. The van der Waals surface area contributed by atoms with Crippen molar-refractivity contribution in [3.05, 3.63) is 84.9 Å².